The first-order chi connectivity index (χ1) is 10.6. The zero-order valence-electron chi connectivity index (χ0n) is 12.1. The molecule has 1 aliphatic carbocycles. The number of aliphatic hydroxyl groups is 2. The predicted octanol–water partition coefficient (Wildman–Crippen LogP) is 1.23. The molecule has 0 aromatic carbocycles. The highest BCUT2D eigenvalue weighted by Crippen LogP contribution is 2.31. The monoisotopic (exact) mass is 316 g/mol. The predicted molar refractivity (Wildman–Crippen MR) is 85.7 cm³/mol. The molecular formula is C17H16O4S. The SMILES string of the molecule is Cc1cc2c(s1)=C1C(=C(O)C(=O)O[C@H]1C=CC=CCCO)C=2. The minimum Gasteiger partial charge on any atom is -0.501 e. The largest absolute Gasteiger partial charge is 0.501 e. The van der Waals surface area contributed by atoms with E-state index >= 15 is 0 Å². The molecule has 2 heterocycles. The second-order valence-corrected chi connectivity index (χ2v) is 6.37. The van der Waals surface area contributed by atoms with Crippen LogP contribution >= 0.6 is 11.3 Å². The van der Waals surface area contributed by atoms with E-state index in [1.54, 1.807) is 23.5 Å². The van der Waals surface area contributed by atoms with Crippen molar-refractivity contribution >= 4 is 29.0 Å². The van der Waals surface area contributed by atoms with Crippen molar-refractivity contribution in [1.29, 1.82) is 0 Å². The topological polar surface area (TPSA) is 66.8 Å². The minimum atomic E-state index is -0.698. The van der Waals surface area contributed by atoms with Crippen LogP contribution in [0.4, 0.5) is 0 Å². The molecule has 0 saturated heterocycles. The first kappa shape index (κ1) is 14.8. The number of ether oxygens (including phenoxy) is 1. The molecule has 0 fully saturated rings. The van der Waals surface area contributed by atoms with Gasteiger partial charge in [0.25, 0.3) is 0 Å². The van der Waals surface area contributed by atoms with Crippen molar-refractivity contribution in [3.8, 4) is 0 Å². The maximum absolute atomic E-state index is 11.8. The second kappa shape index (κ2) is 5.94. The Labute approximate surface area is 131 Å². The van der Waals surface area contributed by atoms with Gasteiger partial charge in [-0.2, -0.15) is 0 Å². The number of allylic oxidation sites excluding steroid dienone is 2. The highest BCUT2D eigenvalue weighted by atomic mass is 32.1. The van der Waals surface area contributed by atoms with E-state index in [2.05, 4.69) is 0 Å². The van der Waals surface area contributed by atoms with Gasteiger partial charge in [-0.05, 0) is 36.8 Å². The summed E-state index contributed by atoms with van der Waals surface area (Å²) in [5.74, 6) is -1.02. The molecule has 0 bridgehead atoms. The van der Waals surface area contributed by atoms with Gasteiger partial charge in [-0.1, -0.05) is 18.2 Å². The number of hydrogen-bond donors (Lipinski definition) is 2. The van der Waals surface area contributed by atoms with Gasteiger partial charge >= 0.3 is 5.97 Å². The minimum absolute atomic E-state index is 0.105. The van der Waals surface area contributed by atoms with Gasteiger partial charge in [0.2, 0.25) is 5.76 Å². The fraction of sp³-hybridized carbons (Fsp3) is 0.235. The average molecular weight is 316 g/mol. The van der Waals surface area contributed by atoms with Crippen molar-refractivity contribution in [2.24, 2.45) is 0 Å². The Bertz CT molecular complexity index is 823. The fourth-order valence-corrected chi connectivity index (χ4v) is 3.66. The van der Waals surface area contributed by atoms with E-state index in [4.69, 9.17) is 9.84 Å². The second-order valence-electron chi connectivity index (χ2n) is 5.11. The molecule has 0 saturated carbocycles. The van der Waals surface area contributed by atoms with Crippen molar-refractivity contribution in [1.82, 2.24) is 0 Å². The third kappa shape index (κ3) is 2.53. The zero-order valence-corrected chi connectivity index (χ0v) is 12.9. The number of hydrogen-bond acceptors (Lipinski definition) is 5. The van der Waals surface area contributed by atoms with Gasteiger partial charge in [-0.15, -0.1) is 11.3 Å². The molecule has 0 radical (unpaired) electrons. The first-order valence-electron chi connectivity index (χ1n) is 7.03. The Kier molecular flexibility index (Phi) is 4.00. The van der Waals surface area contributed by atoms with Crippen molar-refractivity contribution < 1.29 is 19.7 Å². The van der Waals surface area contributed by atoms with Crippen molar-refractivity contribution in [3.63, 3.8) is 0 Å². The standard InChI is InChI=1S/C17H16O4S/c1-10-8-11-9-12-14(16(11)22-10)13(21-17(20)15(12)19)6-4-2-3-5-7-18/h2-4,6,8-9,13,18-19H,5,7H2,1H3/t13-/m0/s1. The Morgan fingerprint density at radius 2 is 2.23 bits per heavy atom. The van der Waals surface area contributed by atoms with Gasteiger partial charge in [0.15, 0.2) is 0 Å². The molecule has 1 aliphatic heterocycles. The van der Waals surface area contributed by atoms with Crippen LogP contribution in [0.5, 0.6) is 0 Å². The number of carbonyl (C=O) groups excluding carboxylic acids is 1. The number of fused-ring (bicyclic) bond motifs is 2. The van der Waals surface area contributed by atoms with Crippen molar-refractivity contribution in [3.05, 3.63) is 56.3 Å². The third-order valence-electron chi connectivity index (χ3n) is 3.51. The van der Waals surface area contributed by atoms with Crippen molar-refractivity contribution in [2.75, 3.05) is 6.61 Å². The lowest BCUT2D eigenvalue weighted by Crippen LogP contribution is -2.29. The van der Waals surface area contributed by atoms with E-state index in [1.807, 2.05) is 31.2 Å². The lowest BCUT2D eigenvalue weighted by molar-refractivity contribution is -0.143. The normalized spacial score (nSPS) is 20.5. The molecule has 1 atom stereocenters. The maximum atomic E-state index is 11.8. The number of aliphatic hydroxyl groups excluding tert-OH is 2. The summed E-state index contributed by atoms with van der Waals surface area (Å²) >= 11 is 1.63. The van der Waals surface area contributed by atoms with Crippen LogP contribution < -0.4 is 9.75 Å². The highest BCUT2D eigenvalue weighted by molar-refractivity contribution is 7.10. The van der Waals surface area contributed by atoms with Crippen LogP contribution in [0.15, 0.2) is 41.7 Å². The molecule has 0 spiro atoms. The third-order valence-corrected chi connectivity index (χ3v) is 4.61. The van der Waals surface area contributed by atoms with E-state index in [-0.39, 0.29) is 12.4 Å². The first-order valence-corrected chi connectivity index (χ1v) is 7.84. The quantitative estimate of drug-likeness (QED) is 0.648. The van der Waals surface area contributed by atoms with E-state index < -0.39 is 12.1 Å². The van der Waals surface area contributed by atoms with Crippen LogP contribution in [0.1, 0.15) is 11.3 Å². The summed E-state index contributed by atoms with van der Waals surface area (Å²) in [6.45, 7) is 2.13. The van der Waals surface area contributed by atoms with Crippen LogP contribution in [0.25, 0.3) is 11.6 Å². The van der Waals surface area contributed by atoms with E-state index in [9.17, 15) is 9.90 Å². The van der Waals surface area contributed by atoms with Crippen LogP contribution in [0.3, 0.4) is 0 Å². The summed E-state index contributed by atoms with van der Waals surface area (Å²) in [4.78, 5) is 13.0. The number of aryl methyl sites for hydroxylation is 1. The highest BCUT2D eigenvalue weighted by Gasteiger charge is 2.34. The maximum Gasteiger partial charge on any atom is 0.374 e. The van der Waals surface area contributed by atoms with Gasteiger partial charge in [-0.25, -0.2) is 4.79 Å². The lowest BCUT2D eigenvalue weighted by Gasteiger charge is -2.22. The van der Waals surface area contributed by atoms with Gasteiger partial charge in [0, 0.05) is 27.2 Å². The molecule has 4 nitrogen and oxygen atoms in total. The Balaban J connectivity index is 2.03. The van der Waals surface area contributed by atoms with Crippen LogP contribution in [-0.4, -0.2) is 28.9 Å². The summed E-state index contributed by atoms with van der Waals surface area (Å²) in [7, 11) is 0. The summed E-state index contributed by atoms with van der Waals surface area (Å²) in [5.41, 5.74) is 1.41. The van der Waals surface area contributed by atoms with Gasteiger partial charge in [0.05, 0.1) is 0 Å². The van der Waals surface area contributed by atoms with Crippen LogP contribution in [0.2, 0.25) is 0 Å². The molecule has 1 aromatic rings. The number of esters is 1. The number of thiophene rings is 1. The molecule has 0 amide bonds. The lowest BCUT2D eigenvalue weighted by atomic mass is 9.99. The zero-order chi connectivity index (χ0) is 15.7. The van der Waals surface area contributed by atoms with E-state index in [0.29, 0.717) is 12.0 Å². The Hall–Kier alpha value is -2.11. The summed E-state index contributed by atoms with van der Waals surface area (Å²) in [6, 6.07) is 2.04. The number of cyclic esters (lactones) is 1. The molecule has 0 unspecified atom stereocenters. The molecule has 22 heavy (non-hydrogen) atoms. The van der Waals surface area contributed by atoms with Crippen LogP contribution in [-0.2, 0) is 9.53 Å². The van der Waals surface area contributed by atoms with E-state index in [1.165, 1.54) is 4.88 Å². The molecule has 2 N–H and O–H groups in total. The average Bonchev–Trinajstić information content (AvgIpc) is 3.00. The van der Waals surface area contributed by atoms with Gasteiger partial charge in [-0.3, -0.25) is 0 Å². The molecule has 5 heteroatoms. The molecule has 1 aromatic heterocycles. The van der Waals surface area contributed by atoms with E-state index in [0.717, 1.165) is 15.3 Å². The summed E-state index contributed by atoms with van der Waals surface area (Å²) < 4.78 is 6.36. The summed E-state index contributed by atoms with van der Waals surface area (Å²) in [5, 5.41) is 19.7. The molecule has 2 aliphatic rings. The Morgan fingerprint density at radius 1 is 1.41 bits per heavy atom. The number of rotatable bonds is 4. The molecule has 3 rings (SSSR count). The fourth-order valence-electron chi connectivity index (χ4n) is 2.58. The van der Waals surface area contributed by atoms with Crippen LogP contribution in [0, 0.1) is 6.92 Å². The Morgan fingerprint density at radius 3 is 3.00 bits per heavy atom. The molecule has 114 valence electrons. The van der Waals surface area contributed by atoms with Crippen molar-refractivity contribution in [2.45, 2.75) is 19.4 Å². The van der Waals surface area contributed by atoms with Gasteiger partial charge in [0.1, 0.15) is 6.10 Å². The smallest absolute Gasteiger partial charge is 0.374 e. The number of carbonyl (C=O) groups is 1. The molecular weight excluding hydrogens is 300 g/mol. The van der Waals surface area contributed by atoms with Gasteiger partial charge < -0.3 is 14.9 Å². The summed E-state index contributed by atoms with van der Waals surface area (Å²) in [6.07, 6.45) is 9.13.